The van der Waals surface area contributed by atoms with E-state index in [1.165, 1.54) is 0 Å². The zero-order chi connectivity index (χ0) is 18.2. The Hall–Kier alpha value is -2.08. The van der Waals surface area contributed by atoms with Crippen molar-refractivity contribution in [3.05, 3.63) is 29.8 Å². The molecule has 0 fully saturated rings. The van der Waals surface area contributed by atoms with E-state index >= 15 is 0 Å². The largest absolute Gasteiger partial charge is 0.497 e. The highest BCUT2D eigenvalue weighted by Crippen LogP contribution is 2.11. The lowest BCUT2D eigenvalue weighted by Crippen LogP contribution is -2.45. The summed E-state index contributed by atoms with van der Waals surface area (Å²) in [4.78, 5) is 23.0. The number of aldehydes is 1. The monoisotopic (exact) mass is 336 g/mol. The molecule has 2 atom stereocenters. The average Bonchev–Trinajstić information content (AvgIpc) is 2.51. The van der Waals surface area contributed by atoms with E-state index in [1.54, 1.807) is 27.9 Å². The Balaban J connectivity index is 2.41. The van der Waals surface area contributed by atoms with E-state index in [-0.39, 0.29) is 5.92 Å². The summed E-state index contributed by atoms with van der Waals surface area (Å²) in [5, 5.41) is 5.88. The molecule has 0 saturated heterocycles. The van der Waals surface area contributed by atoms with E-state index in [4.69, 9.17) is 9.47 Å². The maximum absolute atomic E-state index is 11.8. The number of hydrogen-bond donors (Lipinski definition) is 2. The Morgan fingerprint density at radius 1 is 1.25 bits per heavy atom. The highest BCUT2D eigenvalue weighted by molar-refractivity contribution is 5.73. The lowest BCUT2D eigenvalue weighted by molar-refractivity contribution is -0.110. The summed E-state index contributed by atoms with van der Waals surface area (Å²) < 4.78 is 10.3. The minimum atomic E-state index is -0.594. The molecule has 0 saturated carbocycles. The van der Waals surface area contributed by atoms with Gasteiger partial charge in [-0.2, -0.15) is 0 Å². The molecule has 2 unspecified atom stereocenters. The van der Waals surface area contributed by atoms with Crippen molar-refractivity contribution < 1.29 is 19.1 Å². The van der Waals surface area contributed by atoms with Crippen LogP contribution in [0.2, 0.25) is 0 Å². The second-order valence-electron chi connectivity index (χ2n) is 6.76. The van der Waals surface area contributed by atoms with Crippen molar-refractivity contribution in [3.63, 3.8) is 0 Å². The van der Waals surface area contributed by atoms with Crippen molar-refractivity contribution in [1.29, 1.82) is 0 Å². The molecular weight excluding hydrogens is 308 g/mol. The van der Waals surface area contributed by atoms with E-state index in [0.29, 0.717) is 13.1 Å². The molecule has 1 aromatic rings. The number of carbonyl (C=O) groups is 2. The molecule has 0 bridgehead atoms. The molecule has 1 amide bonds. The first-order valence-electron chi connectivity index (χ1n) is 8.03. The fraction of sp³-hybridized carbons (Fsp3) is 0.556. The number of carbonyl (C=O) groups excluding carboxylic acids is 2. The first kappa shape index (κ1) is 20.0. The van der Waals surface area contributed by atoms with Crippen LogP contribution in [-0.4, -0.2) is 37.7 Å². The van der Waals surface area contributed by atoms with Crippen molar-refractivity contribution in [1.82, 2.24) is 10.6 Å². The van der Waals surface area contributed by atoms with Gasteiger partial charge in [0.25, 0.3) is 0 Å². The van der Waals surface area contributed by atoms with Crippen molar-refractivity contribution in [3.8, 4) is 5.75 Å². The summed E-state index contributed by atoms with van der Waals surface area (Å²) >= 11 is 0. The van der Waals surface area contributed by atoms with E-state index in [9.17, 15) is 9.59 Å². The number of rotatable bonds is 8. The molecule has 0 radical (unpaired) electrons. The van der Waals surface area contributed by atoms with Crippen LogP contribution in [0.3, 0.4) is 0 Å². The van der Waals surface area contributed by atoms with Gasteiger partial charge in [-0.15, -0.1) is 0 Å². The number of alkyl carbamates (subject to hydrolysis) is 1. The second-order valence-corrected chi connectivity index (χ2v) is 6.76. The third-order valence-corrected chi connectivity index (χ3v) is 3.40. The summed E-state index contributed by atoms with van der Waals surface area (Å²) in [6, 6.07) is 7.17. The van der Waals surface area contributed by atoms with Crippen LogP contribution in [0.4, 0.5) is 4.79 Å². The van der Waals surface area contributed by atoms with E-state index in [2.05, 4.69) is 10.6 Å². The lowest BCUT2D eigenvalue weighted by atomic mass is 10.0. The molecule has 0 heterocycles. The van der Waals surface area contributed by atoms with Gasteiger partial charge in [-0.25, -0.2) is 4.79 Å². The predicted molar refractivity (Wildman–Crippen MR) is 93.1 cm³/mol. The molecule has 2 N–H and O–H groups in total. The second kappa shape index (κ2) is 9.27. The van der Waals surface area contributed by atoms with Gasteiger partial charge >= 0.3 is 6.09 Å². The summed E-state index contributed by atoms with van der Waals surface area (Å²) in [5.74, 6) is 0.753. The smallest absolute Gasteiger partial charge is 0.408 e. The van der Waals surface area contributed by atoms with Gasteiger partial charge in [0.15, 0.2) is 0 Å². The van der Waals surface area contributed by atoms with E-state index in [0.717, 1.165) is 17.6 Å². The molecule has 0 aliphatic rings. The Morgan fingerprint density at radius 3 is 2.38 bits per heavy atom. The number of hydrogen-bond acceptors (Lipinski definition) is 5. The fourth-order valence-electron chi connectivity index (χ4n) is 2.07. The summed E-state index contributed by atoms with van der Waals surface area (Å²) in [7, 11) is 1.63. The maximum atomic E-state index is 11.8. The van der Waals surface area contributed by atoms with Gasteiger partial charge in [-0.1, -0.05) is 19.1 Å². The molecule has 6 nitrogen and oxygen atoms in total. The van der Waals surface area contributed by atoms with Gasteiger partial charge < -0.3 is 24.9 Å². The Labute approximate surface area is 143 Å². The third kappa shape index (κ3) is 7.46. The standard InChI is InChI=1S/C18H28N2O4/c1-13(16(12-21)20-17(22)24-18(2,3)4)10-19-11-14-6-8-15(23-5)9-7-14/h6-9,12-13,16,19H,10-11H2,1-5H3,(H,20,22). The van der Waals surface area contributed by atoms with Crippen molar-refractivity contribution in [2.75, 3.05) is 13.7 Å². The van der Waals surface area contributed by atoms with Gasteiger partial charge in [0.1, 0.15) is 17.6 Å². The van der Waals surface area contributed by atoms with Crippen LogP contribution in [0.15, 0.2) is 24.3 Å². The Bertz CT molecular complexity index is 523. The molecule has 0 aromatic heterocycles. The number of nitrogens with one attached hydrogen (secondary N) is 2. The van der Waals surface area contributed by atoms with Crippen LogP contribution >= 0.6 is 0 Å². The molecule has 0 spiro atoms. The first-order valence-corrected chi connectivity index (χ1v) is 8.03. The predicted octanol–water partition coefficient (Wildman–Crippen LogP) is 2.51. The molecule has 6 heteroatoms. The number of methoxy groups -OCH3 is 1. The van der Waals surface area contributed by atoms with Gasteiger partial charge in [0, 0.05) is 13.1 Å². The lowest BCUT2D eigenvalue weighted by Gasteiger charge is -2.24. The molecule has 0 aliphatic heterocycles. The van der Waals surface area contributed by atoms with E-state index < -0.39 is 17.7 Å². The quantitative estimate of drug-likeness (QED) is 0.713. The molecule has 1 aromatic carbocycles. The number of ether oxygens (including phenoxy) is 2. The molecule has 24 heavy (non-hydrogen) atoms. The van der Waals surface area contributed by atoms with Gasteiger partial charge in [0.05, 0.1) is 13.2 Å². The minimum absolute atomic E-state index is 0.0618. The van der Waals surface area contributed by atoms with Crippen LogP contribution in [0.5, 0.6) is 5.75 Å². The van der Waals surface area contributed by atoms with E-state index in [1.807, 2.05) is 31.2 Å². The fourth-order valence-corrected chi connectivity index (χ4v) is 2.07. The highest BCUT2D eigenvalue weighted by Gasteiger charge is 2.22. The van der Waals surface area contributed by atoms with Crippen LogP contribution in [0.1, 0.15) is 33.3 Å². The summed E-state index contributed by atoms with van der Waals surface area (Å²) in [5.41, 5.74) is 0.527. The normalized spacial score (nSPS) is 13.7. The molecule has 1 rings (SSSR count). The molecular formula is C18H28N2O4. The Kier molecular flexibility index (Phi) is 7.71. The molecule has 0 aliphatic carbocycles. The maximum Gasteiger partial charge on any atom is 0.408 e. The van der Waals surface area contributed by atoms with Crippen molar-refractivity contribution in [2.24, 2.45) is 5.92 Å². The SMILES string of the molecule is COc1ccc(CNCC(C)C(C=O)NC(=O)OC(C)(C)C)cc1. The van der Waals surface area contributed by atoms with Crippen molar-refractivity contribution in [2.45, 2.75) is 45.9 Å². The zero-order valence-corrected chi connectivity index (χ0v) is 15.1. The summed E-state index contributed by atoms with van der Waals surface area (Å²) in [6.07, 6.45) is 0.158. The van der Waals surface area contributed by atoms with Gasteiger partial charge in [-0.3, -0.25) is 0 Å². The zero-order valence-electron chi connectivity index (χ0n) is 15.1. The number of amides is 1. The van der Waals surface area contributed by atoms with Crippen LogP contribution in [-0.2, 0) is 16.1 Å². The van der Waals surface area contributed by atoms with Crippen LogP contribution in [0.25, 0.3) is 0 Å². The third-order valence-electron chi connectivity index (χ3n) is 3.40. The van der Waals surface area contributed by atoms with Crippen molar-refractivity contribution >= 4 is 12.4 Å². The number of benzene rings is 1. The average molecular weight is 336 g/mol. The molecule has 134 valence electrons. The highest BCUT2D eigenvalue weighted by atomic mass is 16.6. The minimum Gasteiger partial charge on any atom is -0.497 e. The van der Waals surface area contributed by atoms with Crippen LogP contribution in [0, 0.1) is 5.92 Å². The first-order chi connectivity index (χ1) is 11.2. The summed E-state index contributed by atoms with van der Waals surface area (Å²) in [6.45, 7) is 8.50. The Morgan fingerprint density at radius 2 is 1.88 bits per heavy atom. The van der Waals surface area contributed by atoms with Crippen LogP contribution < -0.4 is 15.4 Å². The topological polar surface area (TPSA) is 76.7 Å². The van der Waals surface area contributed by atoms with Gasteiger partial charge in [0.2, 0.25) is 0 Å². The van der Waals surface area contributed by atoms with Gasteiger partial charge in [-0.05, 0) is 44.4 Å².